The molecule has 12 heavy (non-hydrogen) atoms. The largest absolute Gasteiger partial charge is 0.457 e. The number of esters is 1. The van der Waals surface area contributed by atoms with Crippen LogP contribution in [-0.2, 0) is 16.7 Å². The third kappa shape index (κ3) is 1.05. The molecule has 0 fully saturated rings. The summed E-state index contributed by atoms with van der Waals surface area (Å²) in [6, 6.07) is 5.67. The van der Waals surface area contributed by atoms with Crippen LogP contribution in [0.2, 0.25) is 0 Å². The topological polar surface area (TPSA) is 26.3 Å². The highest BCUT2D eigenvalue weighted by atomic mass is 79.9. The summed E-state index contributed by atoms with van der Waals surface area (Å²) in [5.74, 6) is -0.201. The number of carbonyl (C=O) groups excluding carboxylic acids is 1. The van der Waals surface area contributed by atoms with Gasteiger partial charge in [-0.05, 0) is 11.6 Å². The van der Waals surface area contributed by atoms with Crippen LogP contribution >= 0.6 is 15.9 Å². The second kappa shape index (κ2) is 2.90. The Morgan fingerprint density at radius 2 is 2.33 bits per heavy atom. The number of cyclic esters (lactones) is 1. The Morgan fingerprint density at radius 1 is 1.50 bits per heavy atom. The minimum absolute atomic E-state index is 0.201. The van der Waals surface area contributed by atoms with Crippen LogP contribution in [-0.4, -0.2) is 5.97 Å². The van der Waals surface area contributed by atoms with E-state index in [1.54, 1.807) is 6.07 Å². The van der Waals surface area contributed by atoms with Crippen molar-refractivity contribution in [1.29, 1.82) is 0 Å². The molecule has 0 spiro atoms. The highest BCUT2D eigenvalue weighted by Gasteiger charge is 2.22. The quantitative estimate of drug-likeness (QED) is 0.543. The van der Waals surface area contributed by atoms with Crippen molar-refractivity contribution in [2.24, 2.45) is 0 Å². The average molecular weight is 227 g/mol. The van der Waals surface area contributed by atoms with E-state index in [9.17, 15) is 4.79 Å². The van der Waals surface area contributed by atoms with E-state index in [0.717, 1.165) is 16.5 Å². The highest BCUT2D eigenvalue weighted by Crippen LogP contribution is 2.24. The van der Waals surface area contributed by atoms with Gasteiger partial charge in [0.25, 0.3) is 0 Å². The van der Waals surface area contributed by atoms with Crippen LogP contribution in [0.3, 0.4) is 0 Å². The van der Waals surface area contributed by atoms with Gasteiger partial charge in [-0.15, -0.1) is 0 Å². The molecule has 0 atom stereocenters. The van der Waals surface area contributed by atoms with E-state index in [1.807, 2.05) is 12.1 Å². The van der Waals surface area contributed by atoms with Crippen LogP contribution in [0, 0.1) is 0 Å². The predicted molar refractivity (Wildman–Crippen MR) is 48.2 cm³/mol. The Kier molecular flexibility index (Phi) is 1.89. The molecule has 0 aromatic heterocycles. The molecular weight excluding hydrogens is 220 g/mol. The van der Waals surface area contributed by atoms with E-state index in [2.05, 4.69) is 15.9 Å². The van der Waals surface area contributed by atoms with Gasteiger partial charge in [0.05, 0.1) is 5.56 Å². The van der Waals surface area contributed by atoms with E-state index >= 15 is 0 Å². The summed E-state index contributed by atoms with van der Waals surface area (Å²) < 4.78 is 4.91. The monoisotopic (exact) mass is 226 g/mol. The standard InChI is InChI=1S/C9H7BrO2/c10-4-6-2-1-3-7-8(6)5-12-9(7)11/h1-3H,4-5H2. The van der Waals surface area contributed by atoms with Gasteiger partial charge >= 0.3 is 5.97 Å². The van der Waals surface area contributed by atoms with E-state index in [0.29, 0.717) is 12.2 Å². The van der Waals surface area contributed by atoms with Crippen molar-refractivity contribution in [3.63, 3.8) is 0 Å². The molecule has 1 heterocycles. The summed E-state index contributed by atoms with van der Waals surface area (Å²) >= 11 is 3.36. The maximum atomic E-state index is 11.1. The molecule has 3 heteroatoms. The van der Waals surface area contributed by atoms with Gasteiger partial charge in [-0.1, -0.05) is 28.1 Å². The number of halogens is 1. The first-order chi connectivity index (χ1) is 5.83. The minimum atomic E-state index is -0.201. The fourth-order valence-corrected chi connectivity index (χ4v) is 1.86. The Morgan fingerprint density at radius 3 is 3.08 bits per heavy atom. The lowest BCUT2D eigenvalue weighted by molar-refractivity contribution is 0.0535. The fourth-order valence-electron chi connectivity index (χ4n) is 1.34. The zero-order chi connectivity index (χ0) is 8.55. The van der Waals surface area contributed by atoms with Crippen molar-refractivity contribution in [1.82, 2.24) is 0 Å². The van der Waals surface area contributed by atoms with Crippen molar-refractivity contribution in [3.05, 3.63) is 34.9 Å². The van der Waals surface area contributed by atoms with Crippen molar-refractivity contribution < 1.29 is 9.53 Å². The molecule has 0 aliphatic carbocycles. The zero-order valence-electron chi connectivity index (χ0n) is 6.34. The van der Waals surface area contributed by atoms with Crippen LogP contribution < -0.4 is 0 Å². The lowest BCUT2D eigenvalue weighted by atomic mass is 10.1. The van der Waals surface area contributed by atoms with E-state index in [-0.39, 0.29) is 5.97 Å². The third-order valence-electron chi connectivity index (χ3n) is 1.98. The predicted octanol–water partition coefficient (Wildman–Crippen LogP) is 2.25. The summed E-state index contributed by atoms with van der Waals surface area (Å²) in [7, 11) is 0. The molecule has 0 saturated heterocycles. The molecule has 0 bridgehead atoms. The summed E-state index contributed by atoms with van der Waals surface area (Å²) in [5, 5.41) is 0.771. The molecule has 62 valence electrons. The van der Waals surface area contributed by atoms with Crippen molar-refractivity contribution in [3.8, 4) is 0 Å². The summed E-state index contributed by atoms with van der Waals surface area (Å²) in [6.07, 6.45) is 0. The van der Waals surface area contributed by atoms with Crippen LogP contribution in [0.15, 0.2) is 18.2 Å². The first-order valence-electron chi connectivity index (χ1n) is 3.67. The number of rotatable bonds is 1. The minimum Gasteiger partial charge on any atom is -0.457 e. The molecule has 1 aromatic rings. The van der Waals surface area contributed by atoms with Gasteiger partial charge in [-0.3, -0.25) is 0 Å². The van der Waals surface area contributed by atoms with Crippen LogP contribution in [0.5, 0.6) is 0 Å². The molecule has 2 nitrogen and oxygen atoms in total. The van der Waals surface area contributed by atoms with Crippen LogP contribution in [0.1, 0.15) is 21.5 Å². The number of hydrogen-bond acceptors (Lipinski definition) is 2. The molecule has 2 rings (SSSR count). The number of alkyl halides is 1. The smallest absolute Gasteiger partial charge is 0.338 e. The lowest BCUT2D eigenvalue weighted by Crippen LogP contribution is -1.93. The molecular formula is C9H7BrO2. The number of fused-ring (bicyclic) bond motifs is 1. The number of benzene rings is 1. The summed E-state index contributed by atoms with van der Waals surface area (Å²) in [4.78, 5) is 11.1. The normalized spacial score (nSPS) is 14.2. The number of hydrogen-bond donors (Lipinski definition) is 0. The molecule has 1 aromatic carbocycles. The maximum absolute atomic E-state index is 11.1. The van der Waals surface area contributed by atoms with Crippen molar-refractivity contribution >= 4 is 21.9 Å². The Bertz CT molecular complexity index is 333. The van der Waals surface area contributed by atoms with Gasteiger partial charge in [0.1, 0.15) is 6.61 Å². The summed E-state index contributed by atoms with van der Waals surface area (Å²) in [6.45, 7) is 0.427. The second-order valence-electron chi connectivity index (χ2n) is 2.65. The van der Waals surface area contributed by atoms with Gasteiger partial charge in [0, 0.05) is 10.9 Å². The zero-order valence-corrected chi connectivity index (χ0v) is 7.93. The molecule has 0 unspecified atom stereocenters. The Balaban J connectivity index is 2.58. The van der Waals surface area contributed by atoms with Gasteiger partial charge in [-0.25, -0.2) is 4.79 Å². The van der Waals surface area contributed by atoms with E-state index in [4.69, 9.17) is 4.74 Å². The Hall–Kier alpha value is -0.830. The summed E-state index contributed by atoms with van der Waals surface area (Å²) in [5.41, 5.74) is 2.88. The first-order valence-corrected chi connectivity index (χ1v) is 4.79. The van der Waals surface area contributed by atoms with Crippen molar-refractivity contribution in [2.45, 2.75) is 11.9 Å². The molecule has 1 aliphatic rings. The van der Waals surface area contributed by atoms with Crippen LogP contribution in [0.4, 0.5) is 0 Å². The second-order valence-corrected chi connectivity index (χ2v) is 3.21. The fraction of sp³-hybridized carbons (Fsp3) is 0.222. The van der Waals surface area contributed by atoms with Gasteiger partial charge in [-0.2, -0.15) is 0 Å². The maximum Gasteiger partial charge on any atom is 0.338 e. The molecule has 0 N–H and O–H groups in total. The first kappa shape index (κ1) is 7.80. The van der Waals surface area contributed by atoms with E-state index < -0.39 is 0 Å². The van der Waals surface area contributed by atoms with Gasteiger partial charge in [0.15, 0.2) is 0 Å². The van der Waals surface area contributed by atoms with Crippen LogP contribution in [0.25, 0.3) is 0 Å². The van der Waals surface area contributed by atoms with Gasteiger partial charge < -0.3 is 4.74 Å². The van der Waals surface area contributed by atoms with Gasteiger partial charge in [0.2, 0.25) is 0 Å². The molecule has 0 amide bonds. The Labute approximate surface area is 78.7 Å². The molecule has 0 radical (unpaired) electrons. The number of carbonyl (C=O) groups is 1. The lowest BCUT2D eigenvalue weighted by Gasteiger charge is -1.99. The third-order valence-corrected chi connectivity index (χ3v) is 2.59. The van der Waals surface area contributed by atoms with E-state index in [1.165, 1.54) is 0 Å². The van der Waals surface area contributed by atoms with Crippen molar-refractivity contribution in [2.75, 3.05) is 0 Å². The number of ether oxygens (including phenoxy) is 1. The molecule has 1 aliphatic heterocycles. The highest BCUT2D eigenvalue weighted by molar-refractivity contribution is 9.08. The average Bonchev–Trinajstić information content (AvgIpc) is 2.48. The molecule has 0 saturated carbocycles. The SMILES string of the molecule is O=C1OCc2c(CBr)cccc21.